The average Bonchev–Trinajstić information content (AvgIpc) is 2.46. The normalized spacial score (nSPS) is 10.9. The second-order valence-electron chi connectivity index (χ2n) is 4.85. The van der Waals surface area contributed by atoms with Crippen molar-refractivity contribution in [3.63, 3.8) is 0 Å². The molecule has 0 saturated heterocycles. The van der Waals surface area contributed by atoms with Gasteiger partial charge in [-0.3, -0.25) is 9.88 Å². The molecule has 2 N–H and O–H groups in total. The first-order chi connectivity index (χ1) is 9.78. The summed E-state index contributed by atoms with van der Waals surface area (Å²) < 4.78 is 1.02. The van der Waals surface area contributed by atoms with E-state index < -0.39 is 0 Å². The summed E-state index contributed by atoms with van der Waals surface area (Å²) in [6.07, 6.45) is 4.74. The Kier molecular flexibility index (Phi) is 6.18. The molecule has 3 nitrogen and oxygen atoms in total. The Morgan fingerprint density at radius 2 is 1.80 bits per heavy atom. The van der Waals surface area contributed by atoms with Crippen LogP contribution in [0.2, 0.25) is 0 Å². The molecule has 1 heterocycles. The van der Waals surface area contributed by atoms with Gasteiger partial charge in [-0.2, -0.15) is 0 Å². The second-order valence-corrected chi connectivity index (χ2v) is 5.77. The maximum Gasteiger partial charge on any atom is 0.0410 e. The molecule has 0 unspecified atom stereocenters. The molecule has 0 bridgehead atoms. The molecule has 0 saturated carbocycles. The van der Waals surface area contributed by atoms with Crippen molar-refractivity contribution in [3.05, 3.63) is 64.4 Å². The lowest BCUT2D eigenvalue weighted by Crippen LogP contribution is -2.25. The first kappa shape index (κ1) is 15.2. The summed E-state index contributed by atoms with van der Waals surface area (Å²) >= 11 is 3.47. The van der Waals surface area contributed by atoms with Crippen LogP contribution >= 0.6 is 15.9 Å². The SMILES string of the molecule is NCCCN(Cc1ccccc1)Cc1cncc(Br)c1. The van der Waals surface area contributed by atoms with Gasteiger partial charge < -0.3 is 5.73 Å². The van der Waals surface area contributed by atoms with E-state index in [-0.39, 0.29) is 0 Å². The minimum atomic E-state index is 0.724. The summed E-state index contributed by atoms with van der Waals surface area (Å²) in [6, 6.07) is 12.6. The van der Waals surface area contributed by atoms with E-state index >= 15 is 0 Å². The smallest absolute Gasteiger partial charge is 0.0410 e. The summed E-state index contributed by atoms with van der Waals surface area (Å²) in [7, 11) is 0. The standard InChI is InChI=1S/C16H20BrN3/c17-16-9-15(10-19-11-16)13-20(8-4-7-18)12-14-5-2-1-3-6-14/h1-3,5-6,9-11H,4,7-8,12-13,18H2. The molecule has 106 valence electrons. The molecule has 1 aromatic carbocycles. The lowest BCUT2D eigenvalue weighted by molar-refractivity contribution is 0.254. The number of hydrogen-bond donors (Lipinski definition) is 1. The molecule has 20 heavy (non-hydrogen) atoms. The minimum Gasteiger partial charge on any atom is -0.330 e. The lowest BCUT2D eigenvalue weighted by atomic mass is 10.2. The molecule has 1 aromatic heterocycles. The largest absolute Gasteiger partial charge is 0.330 e. The highest BCUT2D eigenvalue weighted by Crippen LogP contribution is 2.14. The van der Waals surface area contributed by atoms with E-state index in [4.69, 9.17) is 5.73 Å². The molecule has 2 rings (SSSR count). The zero-order valence-corrected chi connectivity index (χ0v) is 13.1. The molecular weight excluding hydrogens is 314 g/mol. The lowest BCUT2D eigenvalue weighted by Gasteiger charge is -2.22. The monoisotopic (exact) mass is 333 g/mol. The van der Waals surface area contributed by atoms with Crippen LogP contribution in [0.5, 0.6) is 0 Å². The minimum absolute atomic E-state index is 0.724. The highest BCUT2D eigenvalue weighted by Gasteiger charge is 2.07. The fourth-order valence-electron chi connectivity index (χ4n) is 2.17. The molecular formula is C16H20BrN3. The number of aromatic nitrogens is 1. The average molecular weight is 334 g/mol. The number of rotatable bonds is 7. The van der Waals surface area contributed by atoms with Gasteiger partial charge in [0.15, 0.2) is 0 Å². The predicted octanol–water partition coefficient (Wildman–Crippen LogP) is 3.20. The molecule has 0 radical (unpaired) electrons. The number of pyridine rings is 1. The highest BCUT2D eigenvalue weighted by molar-refractivity contribution is 9.10. The zero-order valence-electron chi connectivity index (χ0n) is 11.5. The van der Waals surface area contributed by atoms with Crippen LogP contribution in [0.15, 0.2) is 53.3 Å². The predicted molar refractivity (Wildman–Crippen MR) is 86.2 cm³/mol. The van der Waals surface area contributed by atoms with Crippen LogP contribution in [-0.4, -0.2) is 23.0 Å². The molecule has 0 aliphatic carbocycles. The van der Waals surface area contributed by atoms with Crippen LogP contribution in [0, 0.1) is 0 Å². The van der Waals surface area contributed by atoms with Crippen molar-refractivity contribution < 1.29 is 0 Å². The van der Waals surface area contributed by atoms with Crippen LogP contribution in [-0.2, 0) is 13.1 Å². The van der Waals surface area contributed by atoms with Crippen molar-refractivity contribution >= 4 is 15.9 Å². The van der Waals surface area contributed by atoms with E-state index in [1.807, 2.05) is 18.5 Å². The van der Waals surface area contributed by atoms with Crippen LogP contribution in [0.25, 0.3) is 0 Å². The third-order valence-electron chi connectivity index (χ3n) is 3.10. The fraction of sp³-hybridized carbons (Fsp3) is 0.312. The third-order valence-corrected chi connectivity index (χ3v) is 3.53. The number of hydrogen-bond acceptors (Lipinski definition) is 3. The van der Waals surface area contributed by atoms with Crippen molar-refractivity contribution in [1.82, 2.24) is 9.88 Å². The van der Waals surface area contributed by atoms with E-state index in [0.717, 1.165) is 37.1 Å². The van der Waals surface area contributed by atoms with Crippen molar-refractivity contribution in [2.24, 2.45) is 5.73 Å². The molecule has 0 spiro atoms. The maximum atomic E-state index is 5.64. The molecule has 2 aromatic rings. The zero-order chi connectivity index (χ0) is 14.2. The summed E-state index contributed by atoms with van der Waals surface area (Å²) in [5.74, 6) is 0. The van der Waals surface area contributed by atoms with Crippen LogP contribution < -0.4 is 5.73 Å². The van der Waals surface area contributed by atoms with Gasteiger partial charge in [0.05, 0.1) is 0 Å². The van der Waals surface area contributed by atoms with Crippen LogP contribution in [0.3, 0.4) is 0 Å². The molecule has 0 aliphatic rings. The molecule has 0 atom stereocenters. The first-order valence-corrected chi connectivity index (χ1v) is 7.63. The fourth-order valence-corrected chi connectivity index (χ4v) is 2.58. The van der Waals surface area contributed by atoms with E-state index in [0.29, 0.717) is 0 Å². The van der Waals surface area contributed by atoms with E-state index in [9.17, 15) is 0 Å². The van der Waals surface area contributed by atoms with Gasteiger partial charge in [-0.15, -0.1) is 0 Å². The van der Waals surface area contributed by atoms with E-state index in [1.165, 1.54) is 11.1 Å². The maximum absolute atomic E-state index is 5.64. The summed E-state index contributed by atoms with van der Waals surface area (Å²) in [6.45, 7) is 3.55. The highest BCUT2D eigenvalue weighted by atomic mass is 79.9. The van der Waals surface area contributed by atoms with Crippen molar-refractivity contribution in [3.8, 4) is 0 Å². The molecule has 0 aliphatic heterocycles. The van der Waals surface area contributed by atoms with Gasteiger partial charge in [-0.25, -0.2) is 0 Å². The van der Waals surface area contributed by atoms with E-state index in [1.54, 1.807) is 0 Å². The third kappa shape index (κ3) is 5.04. The van der Waals surface area contributed by atoms with Gasteiger partial charge in [-0.1, -0.05) is 30.3 Å². The second kappa shape index (κ2) is 8.15. The Balaban J connectivity index is 2.03. The van der Waals surface area contributed by atoms with Crippen LogP contribution in [0.1, 0.15) is 17.5 Å². The Morgan fingerprint density at radius 1 is 1.05 bits per heavy atom. The van der Waals surface area contributed by atoms with Gasteiger partial charge in [0, 0.05) is 36.5 Å². The van der Waals surface area contributed by atoms with Gasteiger partial charge in [0.2, 0.25) is 0 Å². The molecule has 0 fully saturated rings. The number of halogens is 1. The summed E-state index contributed by atoms with van der Waals surface area (Å²) in [5.41, 5.74) is 8.18. The van der Waals surface area contributed by atoms with Gasteiger partial charge in [0.25, 0.3) is 0 Å². The van der Waals surface area contributed by atoms with E-state index in [2.05, 4.69) is 56.1 Å². The van der Waals surface area contributed by atoms with Crippen LogP contribution in [0.4, 0.5) is 0 Å². The van der Waals surface area contributed by atoms with Crippen molar-refractivity contribution in [1.29, 1.82) is 0 Å². The van der Waals surface area contributed by atoms with Gasteiger partial charge in [0.1, 0.15) is 0 Å². The van der Waals surface area contributed by atoms with Gasteiger partial charge >= 0.3 is 0 Å². The Hall–Kier alpha value is -1.23. The topological polar surface area (TPSA) is 42.1 Å². The van der Waals surface area contributed by atoms with Gasteiger partial charge in [-0.05, 0) is 46.1 Å². The summed E-state index contributed by atoms with van der Waals surface area (Å²) in [4.78, 5) is 6.63. The molecule has 4 heteroatoms. The Bertz CT molecular complexity index is 516. The van der Waals surface area contributed by atoms with Crippen molar-refractivity contribution in [2.45, 2.75) is 19.5 Å². The Labute approximate surface area is 129 Å². The van der Waals surface area contributed by atoms with Crippen molar-refractivity contribution in [2.75, 3.05) is 13.1 Å². The quantitative estimate of drug-likeness (QED) is 0.846. The number of nitrogens with two attached hydrogens (primary N) is 1. The number of benzene rings is 1. The Morgan fingerprint density at radius 3 is 2.50 bits per heavy atom. The molecule has 0 amide bonds. The summed E-state index contributed by atoms with van der Waals surface area (Å²) in [5, 5.41) is 0. The first-order valence-electron chi connectivity index (χ1n) is 6.83. The number of nitrogens with zero attached hydrogens (tertiary/aromatic N) is 2.